The summed E-state index contributed by atoms with van der Waals surface area (Å²) in [6.07, 6.45) is 0. The molecule has 0 aliphatic heterocycles. The van der Waals surface area contributed by atoms with Crippen LogP contribution in [0.2, 0.25) is 0 Å². The molecule has 16 heavy (non-hydrogen) atoms. The van der Waals surface area contributed by atoms with Gasteiger partial charge in [-0.2, -0.15) is 0 Å². The lowest BCUT2D eigenvalue weighted by atomic mass is 10.2. The molecule has 0 radical (unpaired) electrons. The predicted molar refractivity (Wildman–Crippen MR) is 66.6 cm³/mol. The molecule has 0 amide bonds. The molecule has 0 saturated heterocycles. The number of ether oxygens (including phenoxy) is 2. The highest BCUT2D eigenvalue weighted by atomic mass is 32.2. The summed E-state index contributed by atoms with van der Waals surface area (Å²) < 4.78 is 10.2. The van der Waals surface area contributed by atoms with Crippen molar-refractivity contribution in [2.45, 2.75) is 23.5 Å². The number of aliphatic hydroxyl groups excluding tert-OH is 1. The molecular formula is C12H18O3S. The molecule has 4 heteroatoms. The third-order valence-electron chi connectivity index (χ3n) is 2.13. The van der Waals surface area contributed by atoms with E-state index in [0.29, 0.717) is 11.5 Å². The Labute approximate surface area is 101 Å². The smallest absolute Gasteiger partial charge is 0.161 e. The van der Waals surface area contributed by atoms with Crippen LogP contribution >= 0.6 is 11.8 Å². The van der Waals surface area contributed by atoms with Gasteiger partial charge in [-0.15, -0.1) is 11.8 Å². The van der Waals surface area contributed by atoms with E-state index in [2.05, 4.69) is 0 Å². The van der Waals surface area contributed by atoms with Gasteiger partial charge in [0.15, 0.2) is 11.5 Å². The molecule has 1 aromatic rings. The first kappa shape index (κ1) is 13.2. The third kappa shape index (κ3) is 3.32. The zero-order valence-electron chi connectivity index (χ0n) is 10.1. The number of hydrogen-bond donors (Lipinski definition) is 1. The van der Waals surface area contributed by atoms with E-state index < -0.39 is 0 Å². The molecule has 0 saturated carbocycles. The van der Waals surface area contributed by atoms with E-state index >= 15 is 0 Å². The first-order valence-electron chi connectivity index (χ1n) is 5.04. The molecule has 90 valence electrons. The van der Waals surface area contributed by atoms with E-state index in [1.54, 1.807) is 26.0 Å². The molecule has 0 aliphatic carbocycles. The fraction of sp³-hybridized carbons (Fsp3) is 0.500. The number of rotatable bonds is 5. The standard InChI is InChI=1S/C12H18O3S/c1-12(2,8-13)16-9-5-6-10(14-3)11(7-9)15-4/h5-7,13H,8H2,1-4H3. The summed E-state index contributed by atoms with van der Waals surface area (Å²) in [5.41, 5.74) is 0. The summed E-state index contributed by atoms with van der Waals surface area (Å²) in [5, 5.41) is 9.21. The lowest BCUT2D eigenvalue weighted by Gasteiger charge is -2.21. The maximum absolute atomic E-state index is 9.21. The molecule has 0 spiro atoms. The highest BCUT2D eigenvalue weighted by Crippen LogP contribution is 2.37. The van der Waals surface area contributed by atoms with Crippen molar-refractivity contribution in [2.24, 2.45) is 0 Å². The Hall–Kier alpha value is -0.870. The molecule has 0 fully saturated rings. The third-order valence-corrected chi connectivity index (χ3v) is 3.30. The van der Waals surface area contributed by atoms with Crippen molar-refractivity contribution < 1.29 is 14.6 Å². The number of methoxy groups -OCH3 is 2. The van der Waals surface area contributed by atoms with E-state index in [1.165, 1.54) is 0 Å². The van der Waals surface area contributed by atoms with E-state index in [1.807, 2.05) is 32.0 Å². The Morgan fingerprint density at radius 3 is 2.31 bits per heavy atom. The molecule has 1 aromatic carbocycles. The maximum atomic E-state index is 9.21. The second kappa shape index (κ2) is 5.46. The van der Waals surface area contributed by atoms with Crippen molar-refractivity contribution in [3.63, 3.8) is 0 Å². The summed E-state index contributed by atoms with van der Waals surface area (Å²) >= 11 is 1.61. The Morgan fingerprint density at radius 2 is 1.81 bits per heavy atom. The summed E-state index contributed by atoms with van der Waals surface area (Å²) in [7, 11) is 3.23. The summed E-state index contributed by atoms with van der Waals surface area (Å²) in [5.74, 6) is 1.43. The topological polar surface area (TPSA) is 38.7 Å². The van der Waals surface area contributed by atoms with Crippen LogP contribution in [0.4, 0.5) is 0 Å². The average Bonchev–Trinajstić information content (AvgIpc) is 2.28. The highest BCUT2D eigenvalue weighted by Gasteiger charge is 2.18. The normalized spacial score (nSPS) is 11.3. The van der Waals surface area contributed by atoms with Gasteiger partial charge in [0.2, 0.25) is 0 Å². The average molecular weight is 242 g/mol. The van der Waals surface area contributed by atoms with Gasteiger partial charge in [-0.3, -0.25) is 0 Å². The second-order valence-corrected chi connectivity index (χ2v) is 5.82. The Morgan fingerprint density at radius 1 is 1.19 bits per heavy atom. The van der Waals surface area contributed by atoms with Crippen LogP contribution in [-0.4, -0.2) is 30.7 Å². The quantitative estimate of drug-likeness (QED) is 0.805. The lowest BCUT2D eigenvalue weighted by molar-refractivity contribution is 0.265. The van der Waals surface area contributed by atoms with Crippen molar-refractivity contribution in [2.75, 3.05) is 20.8 Å². The SMILES string of the molecule is COc1ccc(SC(C)(C)CO)cc1OC. The molecule has 1 N–H and O–H groups in total. The summed E-state index contributed by atoms with van der Waals surface area (Å²) in [6, 6.07) is 5.75. The number of aliphatic hydroxyl groups is 1. The lowest BCUT2D eigenvalue weighted by Crippen LogP contribution is -2.19. The number of thioether (sulfide) groups is 1. The predicted octanol–water partition coefficient (Wildman–Crippen LogP) is 2.57. The Balaban J connectivity index is 2.91. The summed E-state index contributed by atoms with van der Waals surface area (Å²) in [6.45, 7) is 4.12. The fourth-order valence-electron chi connectivity index (χ4n) is 1.23. The van der Waals surface area contributed by atoms with E-state index in [-0.39, 0.29) is 11.4 Å². The summed E-state index contributed by atoms with van der Waals surface area (Å²) in [4.78, 5) is 1.05. The number of benzene rings is 1. The Kier molecular flexibility index (Phi) is 4.50. The van der Waals surface area contributed by atoms with E-state index in [4.69, 9.17) is 9.47 Å². The largest absolute Gasteiger partial charge is 0.493 e. The molecule has 3 nitrogen and oxygen atoms in total. The minimum absolute atomic E-state index is 0.131. The Bertz CT molecular complexity index is 350. The van der Waals surface area contributed by atoms with Crippen LogP contribution < -0.4 is 9.47 Å². The first-order chi connectivity index (χ1) is 7.52. The molecule has 0 aliphatic rings. The van der Waals surface area contributed by atoms with Crippen LogP contribution in [-0.2, 0) is 0 Å². The van der Waals surface area contributed by atoms with Gasteiger partial charge in [-0.25, -0.2) is 0 Å². The van der Waals surface area contributed by atoms with Gasteiger partial charge in [0.25, 0.3) is 0 Å². The van der Waals surface area contributed by atoms with Gasteiger partial charge in [0.1, 0.15) is 0 Å². The molecular weight excluding hydrogens is 224 g/mol. The van der Waals surface area contributed by atoms with Crippen molar-refractivity contribution >= 4 is 11.8 Å². The minimum Gasteiger partial charge on any atom is -0.493 e. The fourth-order valence-corrected chi connectivity index (χ4v) is 2.24. The second-order valence-electron chi connectivity index (χ2n) is 4.04. The molecule has 0 bridgehead atoms. The van der Waals surface area contributed by atoms with Crippen molar-refractivity contribution in [3.05, 3.63) is 18.2 Å². The van der Waals surface area contributed by atoms with Crippen molar-refractivity contribution in [1.82, 2.24) is 0 Å². The highest BCUT2D eigenvalue weighted by molar-refractivity contribution is 8.00. The van der Waals surface area contributed by atoms with Gasteiger partial charge >= 0.3 is 0 Å². The van der Waals surface area contributed by atoms with Crippen LogP contribution in [0.25, 0.3) is 0 Å². The molecule has 0 aromatic heterocycles. The van der Waals surface area contributed by atoms with Crippen LogP contribution in [0.1, 0.15) is 13.8 Å². The molecule has 0 unspecified atom stereocenters. The van der Waals surface area contributed by atoms with Crippen LogP contribution in [0.15, 0.2) is 23.1 Å². The van der Waals surface area contributed by atoms with E-state index in [9.17, 15) is 5.11 Å². The van der Waals surface area contributed by atoms with Gasteiger partial charge in [-0.05, 0) is 32.0 Å². The van der Waals surface area contributed by atoms with Crippen molar-refractivity contribution in [1.29, 1.82) is 0 Å². The minimum atomic E-state index is -0.195. The van der Waals surface area contributed by atoms with E-state index in [0.717, 1.165) is 4.90 Å². The zero-order valence-corrected chi connectivity index (χ0v) is 10.9. The molecule has 0 heterocycles. The molecule has 1 rings (SSSR count). The van der Waals surface area contributed by atoms with Gasteiger partial charge < -0.3 is 14.6 Å². The monoisotopic (exact) mass is 242 g/mol. The van der Waals surface area contributed by atoms with Gasteiger partial charge in [0.05, 0.1) is 20.8 Å². The van der Waals surface area contributed by atoms with Crippen LogP contribution in [0.3, 0.4) is 0 Å². The molecule has 0 atom stereocenters. The zero-order chi connectivity index (χ0) is 12.2. The van der Waals surface area contributed by atoms with Gasteiger partial charge in [0, 0.05) is 9.64 Å². The first-order valence-corrected chi connectivity index (χ1v) is 5.86. The maximum Gasteiger partial charge on any atom is 0.161 e. The van der Waals surface area contributed by atoms with Crippen LogP contribution in [0.5, 0.6) is 11.5 Å². The number of hydrogen-bond acceptors (Lipinski definition) is 4. The van der Waals surface area contributed by atoms with Crippen LogP contribution in [0, 0.1) is 0 Å². The van der Waals surface area contributed by atoms with Gasteiger partial charge in [-0.1, -0.05) is 0 Å². The van der Waals surface area contributed by atoms with Crippen molar-refractivity contribution in [3.8, 4) is 11.5 Å².